The summed E-state index contributed by atoms with van der Waals surface area (Å²) in [7, 11) is 0. The van der Waals surface area contributed by atoms with Crippen molar-refractivity contribution in [2.45, 2.75) is 59.9 Å². The number of allylic oxidation sites excluding steroid dienone is 1. The van der Waals surface area contributed by atoms with E-state index in [1.807, 2.05) is 11.1 Å². The zero-order valence-corrected chi connectivity index (χ0v) is 13.1. The predicted molar refractivity (Wildman–Crippen MR) is 79.2 cm³/mol. The summed E-state index contributed by atoms with van der Waals surface area (Å²) in [4.78, 5) is 19.4. The third-order valence-corrected chi connectivity index (χ3v) is 4.07. The van der Waals surface area contributed by atoms with Crippen LogP contribution in [0.4, 0.5) is 0 Å². The van der Waals surface area contributed by atoms with Crippen molar-refractivity contribution >= 4 is 12.1 Å². The molecular formula is C16H26N2O. The summed E-state index contributed by atoms with van der Waals surface area (Å²) in [5.41, 5.74) is 2.22. The van der Waals surface area contributed by atoms with E-state index in [0.29, 0.717) is 6.54 Å². The van der Waals surface area contributed by atoms with Gasteiger partial charge < -0.3 is 4.90 Å². The van der Waals surface area contributed by atoms with E-state index in [0.717, 1.165) is 18.5 Å². The Morgan fingerprint density at radius 1 is 1.21 bits per heavy atom. The van der Waals surface area contributed by atoms with Crippen LogP contribution in [0.15, 0.2) is 16.3 Å². The molecule has 2 heterocycles. The molecule has 1 unspecified atom stereocenters. The van der Waals surface area contributed by atoms with Crippen LogP contribution in [0.25, 0.3) is 0 Å². The minimum atomic E-state index is -0.181. The van der Waals surface area contributed by atoms with Crippen molar-refractivity contribution in [3.63, 3.8) is 0 Å². The Morgan fingerprint density at radius 2 is 1.84 bits per heavy atom. The maximum Gasteiger partial charge on any atom is 0.230 e. The first-order valence-electron chi connectivity index (χ1n) is 7.18. The van der Waals surface area contributed by atoms with Gasteiger partial charge in [-0.3, -0.25) is 9.79 Å². The molecule has 0 spiro atoms. The smallest absolute Gasteiger partial charge is 0.230 e. The topological polar surface area (TPSA) is 32.7 Å². The monoisotopic (exact) mass is 262 g/mol. The standard InChI is InChI=1S/C16H26N2O/c1-15(2,3)12-8-7-11-9-17-10-13(11)18(14(12)19)16(4,5)6/h9,12H,7-8,10H2,1-6H3. The summed E-state index contributed by atoms with van der Waals surface area (Å²) in [6.45, 7) is 13.5. The fraction of sp³-hybridized carbons (Fsp3) is 0.750. The van der Waals surface area contributed by atoms with Gasteiger partial charge >= 0.3 is 0 Å². The van der Waals surface area contributed by atoms with Crippen molar-refractivity contribution in [2.75, 3.05) is 6.54 Å². The van der Waals surface area contributed by atoms with Crippen molar-refractivity contribution in [1.29, 1.82) is 0 Å². The largest absolute Gasteiger partial charge is 0.308 e. The van der Waals surface area contributed by atoms with E-state index >= 15 is 0 Å². The molecule has 0 aliphatic carbocycles. The Kier molecular flexibility index (Phi) is 3.36. The third kappa shape index (κ3) is 2.60. The second-order valence-electron chi connectivity index (χ2n) is 7.74. The molecule has 0 saturated carbocycles. The van der Waals surface area contributed by atoms with E-state index in [1.54, 1.807) is 0 Å². The van der Waals surface area contributed by atoms with Gasteiger partial charge in [0.2, 0.25) is 5.91 Å². The van der Waals surface area contributed by atoms with Crippen LogP contribution >= 0.6 is 0 Å². The number of nitrogens with zero attached hydrogens (tertiary/aromatic N) is 2. The van der Waals surface area contributed by atoms with Crippen molar-refractivity contribution in [3.8, 4) is 0 Å². The Morgan fingerprint density at radius 3 is 2.37 bits per heavy atom. The number of rotatable bonds is 0. The van der Waals surface area contributed by atoms with Crippen LogP contribution in [0.1, 0.15) is 54.4 Å². The Labute approximate surface area is 116 Å². The lowest BCUT2D eigenvalue weighted by Crippen LogP contribution is -2.49. The van der Waals surface area contributed by atoms with Crippen molar-refractivity contribution in [1.82, 2.24) is 4.90 Å². The predicted octanol–water partition coefficient (Wildman–Crippen LogP) is 3.41. The highest BCUT2D eigenvalue weighted by Gasteiger charge is 2.42. The van der Waals surface area contributed by atoms with Crippen LogP contribution in [-0.4, -0.2) is 29.1 Å². The number of carbonyl (C=O) groups is 1. The normalized spacial score (nSPS) is 24.8. The van der Waals surface area contributed by atoms with Crippen LogP contribution in [0, 0.1) is 11.3 Å². The Balaban J connectivity index is 2.44. The van der Waals surface area contributed by atoms with Crippen LogP contribution in [0.2, 0.25) is 0 Å². The minimum absolute atomic E-state index is 0.0114. The number of amides is 1. The molecule has 0 N–H and O–H groups in total. The lowest BCUT2D eigenvalue weighted by Gasteiger charge is -2.40. The Bertz CT molecular complexity index is 446. The van der Waals surface area contributed by atoms with E-state index in [1.165, 1.54) is 5.57 Å². The molecule has 0 bridgehead atoms. The second-order valence-corrected chi connectivity index (χ2v) is 7.74. The first-order chi connectivity index (χ1) is 8.62. The molecule has 1 amide bonds. The molecule has 0 saturated heterocycles. The van der Waals surface area contributed by atoms with Gasteiger partial charge in [-0.25, -0.2) is 0 Å². The number of carbonyl (C=O) groups excluding carboxylic acids is 1. The fourth-order valence-corrected chi connectivity index (χ4v) is 3.09. The number of hydrogen-bond acceptors (Lipinski definition) is 2. The minimum Gasteiger partial charge on any atom is -0.308 e. The molecule has 0 aromatic heterocycles. The van der Waals surface area contributed by atoms with Crippen LogP contribution in [-0.2, 0) is 4.79 Å². The van der Waals surface area contributed by atoms with Gasteiger partial charge in [0.15, 0.2) is 0 Å². The fourth-order valence-electron chi connectivity index (χ4n) is 3.09. The summed E-state index contributed by atoms with van der Waals surface area (Å²) >= 11 is 0. The molecule has 2 aliphatic heterocycles. The van der Waals surface area contributed by atoms with Gasteiger partial charge in [-0.1, -0.05) is 20.8 Å². The SMILES string of the molecule is CC(C)(C)C1CCC2=C(CN=C2)N(C(C)(C)C)C1=O. The first kappa shape index (κ1) is 14.3. The molecule has 19 heavy (non-hydrogen) atoms. The number of aliphatic imine (C=N–C) groups is 1. The summed E-state index contributed by atoms with van der Waals surface area (Å²) in [6, 6.07) is 0. The van der Waals surface area contributed by atoms with Gasteiger partial charge in [-0.2, -0.15) is 0 Å². The van der Waals surface area contributed by atoms with Crippen LogP contribution in [0.3, 0.4) is 0 Å². The molecule has 2 rings (SSSR count). The quantitative estimate of drug-likeness (QED) is 0.658. The number of hydrogen-bond donors (Lipinski definition) is 0. The van der Waals surface area contributed by atoms with E-state index < -0.39 is 0 Å². The average molecular weight is 262 g/mol. The maximum absolute atomic E-state index is 13.0. The van der Waals surface area contributed by atoms with E-state index in [-0.39, 0.29) is 22.8 Å². The Hall–Kier alpha value is -1.12. The van der Waals surface area contributed by atoms with Gasteiger partial charge in [0.05, 0.1) is 6.54 Å². The van der Waals surface area contributed by atoms with Crippen molar-refractivity contribution in [3.05, 3.63) is 11.3 Å². The first-order valence-corrected chi connectivity index (χ1v) is 7.18. The molecule has 3 heteroatoms. The van der Waals surface area contributed by atoms with Gasteiger partial charge in [0.1, 0.15) is 0 Å². The summed E-state index contributed by atoms with van der Waals surface area (Å²) in [5, 5.41) is 0. The molecule has 0 radical (unpaired) electrons. The maximum atomic E-state index is 13.0. The molecule has 3 nitrogen and oxygen atoms in total. The summed E-state index contributed by atoms with van der Waals surface area (Å²) < 4.78 is 0. The summed E-state index contributed by atoms with van der Waals surface area (Å²) in [6.07, 6.45) is 3.87. The molecular weight excluding hydrogens is 236 g/mol. The van der Waals surface area contributed by atoms with Crippen LogP contribution in [0.5, 0.6) is 0 Å². The van der Waals surface area contributed by atoms with Crippen molar-refractivity contribution in [2.24, 2.45) is 16.3 Å². The third-order valence-electron chi connectivity index (χ3n) is 4.07. The van der Waals surface area contributed by atoms with E-state index in [4.69, 9.17) is 0 Å². The van der Waals surface area contributed by atoms with Crippen LogP contribution < -0.4 is 0 Å². The van der Waals surface area contributed by atoms with Gasteiger partial charge in [-0.05, 0) is 44.6 Å². The zero-order valence-electron chi connectivity index (χ0n) is 13.1. The average Bonchev–Trinajstić information content (AvgIpc) is 2.57. The zero-order chi connectivity index (χ0) is 14.4. The molecule has 2 aliphatic rings. The van der Waals surface area contributed by atoms with Gasteiger partial charge in [0, 0.05) is 23.4 Å². The lowest BCUT2D eigenvalue weighted by molar-refractivity contribution is -0.141. The van der Waals surface area contributed by atoms with E-state index in [9.17, 15) is 4.79 Å². The molecule has 0 fully saturated rings. The molecule has 1 atom stereocenters. The molecule has 106 valence electrons. The van der Waals surface area contributed by atoms with Gasteiger partial charge in [-0.15, -0.1) is 0 Å². The van der Waals surface area contributed by atoms with Gasteiger partial charge in [0.25, 0.3) is 0 Å². The highest BCUT2D eigenvalue weighted by Crippen LogP contribution is 2.39. The summed E-state index contributed by atoms with van der Waals surface area (Å²) in [5.74, 6) is 0.362. The molecule has 0 aromatic carbocycles. The lowest BCUT2D eigenvalue weighted by atomic mass is 9.77. The van der Waals surface area contributed by atoms with E-state index in [2.05, 4.69) is 46.5 Å². The molecule has 0 aromatic rings. The highest BCUT2D eigenvalue weighted by molar-refractivity contribution is 5.89. The highest BCUT2D eigenvalue weighted by atomic mass is 16.2. The van der Waals surface area contributed by atoms with Crippen molar-refractivity contribution < 1.29 is 4.79 Å². The second kappa shape index (κ2) is 4.46.